The first-order valence-corrected chi connectivity index (χ1v) is 16.1. The van der Waals surface area contributed by atoms with Crippen molar-refractivity contribution in [2.45, 2.75) is 12.8 Å². The number of halogens is 8. The number of para-hydroxylation sites is 1. The van der Waals surface area contributed by atoms with Crippen LogP contribution in [0, 0.1) is 6.92 Å². The van der Waals surface area contributed by atoms with E-state index in [9.17, 15) is 19.2 Å². The summed E-state index contributed by atoms with van der Waals surface area (Å²) in [5, 5.41) is -0.101. The van der Waals surface area contributed by atoms with E-state index in [1.807, 2.05) is 0 Å². The van der Waals surface area contributed by atoms with Crippen molar-refractivity contribution in [3.63, 3.8) is 0 Å². The van der Waals surface area contributed by atoms with E-state index in [2.05, 4.69) is 63.7 Å². The number of fused-ring (bicyclic) bond motifs is 3. The second-order valence-corrected chi connectivity index (χ2v) is 13.8. The second kappa shape index (κ2) is 10.4. The smallest absolute Gasteiger partial charge is 0.267 e. The van der Waals surface area contributed by atoms with Crippen LogP contribution in [0.4, 0.5) is 5.69 Å². The highest BCUT2D eigenvalue weighted by atomic mass is 79.9. The van der Waals surface area contributed by atoms with Crippen LogP contribution in [0.15, 0.2) is 42.2 Å². The molecule has 0 N–H and O–H groups in total. The Morgan fingerprint density at radius 3 is 1.68 bits per heavy atom. The SMILES string of the molecule is Cc1cc(C2C(=O)c3c(Br)c(Br)c(Br)c(Br)c3C2=O)nc2c(N3C(=O)c4c(Cl)c(Cl)c(Cl)c(Cl)c4C3=O)cccc12. The summed E-state index contributed by atoms with van der Waals surface area (Å²) in [5.41, 5.74) is 1.24. The van der Waals surface area contributed by atoms with Crippen LogP contribution >= 0.6 is 110 Å². The Bertz CT molecular complexity index is 1910. The minimum atomic E-state index is -1.25. The Labute approximate surface area is 285 Å². The fraction of sp³-hybridized carbons (Fsp3) is 0.0741. The maximum atomic E-state index is 13.7. The van der Waals surface area contributed by atoms with Crippen LogP contribution in [0.1, 0.15) is 58.6 Å². The molecule has 2 heterocycles. The fourth-order valence-corrected chi connectivity index (χ4v) is 8.62. The number of Topliss-reactive ketones (excluding diaryl/α,β-unsaturated/α-hetero) is 2. The number of aryl methyl sites for hydroxylation is 1. The molecule has 206 valence electrons. The number of rotatable bonds is 2. The third kappa shape index (κ3) is 4.09. The van der Waals surface area contributed by atoms with Crippen molar-refractivity contribution in [2.24, 2.45) is 0 Å². The number of imide groups is 1. The van der Waals surface area contributed by atoms with E-state index >= 15 is 0 Å². The van der Waals surface area contributed by atoms with Crippen LogP contribution in [-0.4, -0.2) is 28.4 Å². The number of carbonyl (C=O) groups is 4. The van der Waals surface area contributed by atoms with Crippen molar-refractivity contribution in [1.29, 1.82) is 0 Å². The predicted molar refractivity (Wildman–Crippen MR) is 173 cm³/mol. The van der Waals surface area contributed by atoms with Crippen molar-refractivity contribution in [3.05, 3.63) is 95.8 Å². The standard InChI is InChI=1S/C27H8Br4Cl4N2O4/c1-6-5-8(10-24(38)11-12(25(10)39)16(29)18(31)17(30)15(11)28)36-23-7(6)3-2-4-9(23)37-26(40)13-14(27(37)41)20(33)22(35)21(34)19(13)32/h2-5,10H,1H3. The normalized spacial score (nSPS) is 15.0. The van der Waals surface area contributed by atoms with Crippen molar-refractivity contribution in [2.75, 3.05) is 4.90 Å². The van der Waals surface area contributed by atoms with Gasteiger partial charge in [0, 0.05) is 34.4 Å². The van der Waals surface area contributed by atoms with Gasteiger partial charge >= 0.3 is 0 Å². The minimum absolute atomic E-state index is 0.112. The van der Waals surface area contributed by atoms with Gasteiger partial charge in [0.2, 0.25) is 0 Å². The van der Waals surface area contributed by atoms with Gasteiger partial charge in [0.15, 0.2) is 11.6 Å². The first kappa shape index (κ1) is 29.7. The molecule has 1 aromatic heterocycles. The molecule has 6 nitrogen and oxygen atoms in total. The van der Waals surface area contributed by atoms with E-state index < -0.39 is 29.3 Å². The molecule has 0 radical (unpaired) electrons. The molecule has 0 atom stereocenters. The third-order valence-corrected chi connectivity index (χ3v) is 13.5. The summed E-state index contributed by atoms with van der Waals surface area (Å²) in [7, 11) is 0. The summed E-state index contributed by atoms with van der Waals surface area (Å²) < 4.78 is 1.99. The Morgan fingerprint density at radius 2 is 1.20 bits per heavy atom. The Kier molecular flexibility index (Phi) is 7.51. The molecular weight excluding hydrogens is 878 g/mol. The zero-order valence-corrected chi connectivity index (χ0v) is 29.3. The van der Waals surface area contributed by atoms with Gasteiger partial charge in [-0.2, -0.15) is 0 Å². The fourth-order valence-electron chi connectivity index (χ4n) is 5.10. The number of ketones is 2. The molecule has 2 amide bonds. The van der Waals surface area contributed by atoms with Crippen LogP contribution in [0.25, 0.3) is 10.9 Å². The molecule has 14 heteroatoms. The average molecular weight is 886 g/mol. The number of aromatic nitrogens is 1. The van der Waals surface area contributed by atoms with Gasteiger partial charge in [0.25, 0.3) is 11.8 Å². The molecule has 6 rings (SSSR count). The quantitative estimate of drug-likeness (QED) is 0.0867. The maximum absolute atomic E-state index is 13.7. The lowest BCUT2D eigenvalue weighted by Crippen LogP contribution is -2.30. The third-order valence-electron chi connectivity index (χ3n) is 6.97. The van der Waals surface area contributed by atoms with E-state index in [-0.39, 0.29) is 59.2 Å². The van der Waals surface area contributed by atoms with Gasteiger partial charge in [-0.05, 0) is 88.3 Å². The molecule has 0 fully saturated rings. The summed E-state index contributed by atoms with van der Waals surface area (Å²) in [6.07, 6.45) is 0. The van der Waals surface area contributed by atoms with Gasteiger partial charge in [0.1, 0.15) is 5.92 Å². The zero-order valence-electron chi connectivity index (χ0n) is 19.9. The topological polar surface area (TPSA) is 84.4 Å². The van der Waals surface area contributed by atoms with E-state index in [4.69, 9.17) is 51.4 Å². The van der Waals surface area contributed by atoms with Crippen molar-refractivity contribution in [1.82, 2.24) is 4.98 Å². The first-order chi connectivity index (χ1) is 19.3. The summed E-state index contributed by atoms with van der Waals surface area (Å²) >= 11 is 38.7. The highest BCUT2D eigenvalue weighted by molar-refractivity contribution is 9.15. The van der Waals surface area contributed by atoms with Crippen LogP contribution in [0.5, 0.6) is 0 Å². The van der Waals surface area contributed by atoms with Gasteiger partial charge in [-0.25, -0.2) is 9.88 Å². The Morgan fingerprint density at radius 1 is 0.707 bits per heavy atom. The highest BCUT2D eigenvalue weighted by Gasteiger charge is 2.46. The van der Waals surface area contributed by atoms with Crippen LogP contribution in [0.3, 0.4) is 0 Å². The number of hydrogen-bond acceptors (Lipinski definition) is 5. The zero-order chi connectivity index (χ0) is 29.8. The first-order valence-electron chi connectivity index (χ1n) is 11.4. The average Bonchev–Trinajstić information content (AvgIpc) is 3.36. The second-order valence-electron chi connectivity index (χ2n) is 9.16. The molecule has 0 spiro atoms. The molecular formula is C27H8Br4Cl4N2O4. The predicted octanol–water partition coefficient (Wildman–Crippen LogP) is 10.2. The van der Waals surface area contributed by atoms with Gasteiger partial charge < -0.3 is 0 Å². The minimum Gasteiger partial charge on any atom is -0.293 e. The van der Waals surface area contributed by atoms with Crippen LogP contribution in [-0.2, 0) is 0 Å². The highest BCUT2D eigenvalue weighted by Crippen LogP contribution is 2.49. The number of benzene rings is 3. The van der Waals surface area contributed by atoms with Crippen LogP contribution in [0.2, 0.25) is 20.1 Å². The molecule has 0 saturated heterocycles. The number of nitrogens with zero attached hydrogens (tertiary/aromatic N) is 2. The van der Waals surface area contributed by atoms with Crippen molar-refractivity contribution >= 4 is 150 Å². The maximum Gasteiger partial charge on any atom is 0.267 e. The van der Waals surface area contributed by atoms with Gasteiger partial charge in [0.05, 0.1) is 48.1 Å². The summed E-state index contributed by atoms with van der Waals surface area (Å²) in [4.78, 5) is 60.2. The number of anilines is 1. The van der Waals surface area contributed by atoms with Gasteiger partial charge in [-0.15, -0.1) is 0 Å². The van der Waals surface area contributed by atoms with E-state index in [0.29, 0.717) is 28.8 Å². The van der Waals surface area contributed by atoms with E-state index in [1.54, 1.807) is 25.1 Å². The largest absolute Gasteiger partial charge is 0.293 e. The lowest BCUT2D eigenvalue weighted by atomic mass is 9.96. The Hall–Kier alpha value is -1.37. The van der Waals surface area contributed by atoms with Crippen molar-refractivity contribution < 1.29 is 19.2 Å². The van der Waals surface area contributed by atoms with Gasteiger partial charge in [-0.1, -0.05) is 58.5 Å². The van der Waals surface area contributed by atoms with Gasteiger partial charge in [-0.3, -0.25) is 19.2 Å². The number of hydrogen-bond donors (Lipinski definition) is 0. The molecule has 0 bridgehead atoms. The number of carbonyl (C=O) groups excluding carboxylic acids is 4. The molecule has 4 aromatic rings. The summed E-state index contributed by atoms with van der Waals surface area (Å²) in [6.45, 7) is 1.78. The monoisotopic (exact) mass is 880 g/mol. The molecule has 2 aliphatic rings. The number of amides is 2. The van der Waals surface area contributed by atoms with Crippen molar-refractivity contribution in [3.8, 4) is 0 Å². The summed E-state index contributed by atoms with van der Waals surface area (Å²) in [6, 6.07) is 6.59. The molecule has 41 heavy (non-hydrogen) atoms. The molecule has 1 aliphatic heterocycles. The molecule has 1 aliphatic carbocycles. The van der Waals surface area contributed by atoms with E-state index in [1.165, 1.54) is 6.07 Å². The molecule has 0 unspecified atom stereocenters. The number of pyridine rings is 1. The molecule has 0 saturated carbocycles. The Balaban J connectivity index is 1.55. The van der Waals surface area contributed by atoms with Crippen LogP contribution < -0.4 is 4.90 Å². The van der Waals surface area contributed by atoms with E-state index in [0.717, 1.165) is 4.90 Å². The lowest BCUT2D eigenvalue weighted by molar-refractivity contribution is 0.0881. The summed E-state index contributed by atoms with van der Waals surface area (Å²) in [5.74, 6) is -3.68. The lowest BCUT2D eigenvalue weighted by Gasteiger charge is -2.18. The molecule has 3 aromatic carbocycles.